The lowest BCUT2D eigenvalue weighted by Crippen LogP contribution is -2.20. The van der Waals surface area contributed by atoms with Crippen LogP contribution in [-0.4, -0.2) is 18.6 Å². The first-order valence-electron chi connectivity index (χ1n) is 4.84. The van der Waals surface area contributed by atoms with Crippen molar-refractivity contribution in [2.24, 2.45) is 5.73 Å². The zero-order valence-electron chi connectivity index (χ0n) is 8.12. The number of aromatic nitrogens is 1. The van der Waals surface area contributed by atoms with Crippen LogP contribution in [0.15, 0.2) is 24.3 Å². The van der Waals surface area contributed by atoms with Gasteiger partial charge in [-0.15, -0.1) is 0 Å². The average Bonchev–Trinajstić information content (AvgIpc) is 2.66. The molecule has 3 N–H and O–H groups in total. The summed E-state index contributed by atoms with van der Waals surface area (Å²) in [4.78, 5) is 5.58. The average molecular weight is 187 g/mol. The van der Waals surface area contributed by atoms with Crippen LogP contribution in [0.2, 0.25) is 0 Å². The number of likely N-dealkylation sites (N-methyl/N-ethyl adjacent to an activating group) is 1. The van der Waals surface area contributed by atoms with Gasteiger partial charge in [0.15, 0.2) is 0 Å². The molecule has 1 unspecified atom stereocenters. The fourth-order valence-electron chi connectivity index (χ4n) is 2.30. The fourth-order valence-corrected chi connectivity index (χ4v) is 2.30. The van der Waals surface area contributed by atoms with Gasteiger partial charge in [-0.3, -0.25) is 0 Å². The van der Waals surface area contributed by atoms with Crippen LogP contribution in [0.4, 0.5) is 5.82 Å². The van der Waals surface area contributed by atoms with Crippen LogP contribution in [0.5, 0.6) is 0 Å². The Morgan fingerprint density at radius 3 is 3.07 bits per heavy atom. The smallest absolute Gasteiger partial charge is 0.111 e. The van der Waals surface area contributed by atoms with Crippen LogP contribution >= 0.6 is 0 Å². The highest BCUT2D eigenvalue weighted by Gasteiger charge is 2.27. The Labute approximate surface area is 82.5 Å². The van der Waals surface area contributed by atoms with Gasteiger partial charge in [-0.25, -0.2) is 0 Å². The van der Waals surface area contributed by atoms with Crippen molar-refractivity contribution < 1.29 is 0 Å². The summed E-state index contributed by atoms with van der Waals surface area (Å²) < 4.78 is 0. The molecule has 14 heavy (non-hydrogen) atoms. The lowest BCUT2D eigenvalue weighted by Gasteiger charge is -2.10. The fraction of sp³-hybridized carbons (Fsp3) is 0.273. The van der Waals surface area contributed by atoms with Crippen molar-refractivity contribution >= 4 is 16.7 Å². The standard InChI is InChI=1S/C11H13N3/c1-14-6-8(12)10-7-4-2-3-5-9(7)13-11(10)14/h2-5,8,13H,6,12H2,1H3. The normalized spacial score (nSPS) is 20.4. The van der Waals surface area contributed by atoms with E-state index in [4.69, 9.17) is 5.73 Å². The molecule has 3 rings (SSSR count). The molecule has 0 fully saturated rings. The minimum atomic E-state index is 0.145. The Hall–Kier alpha value is -1.48. The Morgan fingerprint density at radius 2 is 2.21 bits per heavy atom. The van der Waals surface area contributed by atoms with E-state index in [1.165, 1.54) is 22.3 Å². The second kappa shape index (κ2) is 2.51. The van der Waals surface area contributed by atoms with E-state index in [0.717, 1.165) is 6.54 Å². The van der Waals surface area contributed by atoms with Crippen molar-refractivity contribution in [2.75, 3.05) is 18.5 Å². The van der Waals surface area contributed by atoms with Gasteiger partial charge in [0.1, 0.15) is 5.82 Å². The topological polar surface area (TPSA) is 45.0 Å². The summed E-state index contributed by atoms with van der Waals surface area (Å²) in [5.74, 6) is 1.18. The van der Waals surface area contributed by atoms with Gasteiger partial charge in [0.25, 0.3) is 0 Å². The van der Waals surface area contributed by atoms with Crippen LogP contribution in [0, 0.1) is 0 Å². The monoisotopic (exact) mass is 187 g/mol. The van der Waals surface area contributed by atoms with E-state index in [1.54, 1.807) is 0 Å². The lowest BCUT2D eigenvalue weighted by molar-refractivity contribution is 0.762. The summed E-state index contributed by atoms with van der Waals surface area (Å²) in [6.45, 7) is 0.909. The Bertz CT molecular complexity index is 486. The molecule has 0 spiro atoms. The molecule has 1 aliphatic rings. The van der Waals surface area contributed by atoms with E-state index in [0.29, 0.717) is 0 Å². The minimum absolute atomic E-state index is 0.145. The molecule has 0 saturated carbocycles. The predicted octanol–water partition coefficient (Wildman–Crippen LogP) is 1.62. The third kappa shape index (κ3) is 0.849. The van der Waals surface area contributed by atoms with Crippen LogP contribution in [0.3, 0.4) is 0 Å². The van der Waals surface area contributed by atoms with E-state index in [2.05, 4.69) is 35.1 Å². The highest BCUT2D eigenvalue weighted by atomic mass is 15.2. The number of nitrogens with zero attached hydrogens (tertiary/aromatic N) is 1. The summed E-state index contributed by atoms with van der Waals surface area (Å²) in [6, 6.07) is 8.46. The molecule has 3 heteroatoms. The highest BCUT2D eigenvalue weighted by Crippen LogP contribution is 2.37. The van der Waals surface area contributed by atoms with E-state index in [1.807, 2.05) is 6.07 Å². The number of H-pyrrole nitrogens is 1. The second-order valence-corrected chi connectivity index (χ2v) is 3.92. The summed E-state index contributed by atoms with van der Waals surface area (Å²) in [7, 11) is 2.07. The van der Waals surface area contributed by atoms with Crippen LogP contribution in [0.25, 0.3) is 10.9 Å². The molecule has 1 aliphatic heterocycles. The Balaban J connectivity index is 2.37. The van der Waals surface area contributed by atoms with Gasteiger partial charge >= 0.3 is 0 Å². The van der Waals surface area contributed by atoms with Crippen molar-refractivity contribution in [3.05, 3.63) is 29.8 Å². The third-order valence-corrected chi connectivity index (χ3v) is 2.95. The summed E-state index contributed by atoms with van der Waals surface area (Å²) in [6.07, 6.45) is 0. The van der Waals surface area contributed by atoms with Gasteiger partial charge in [0.05, 0.1) is 6.04 Å². The molecule has 0 bridgehead atoms. The summed E-state index contributed by atoms with van der Waals surface area (Å²) in [5.41, 5.74) is 8.53. The number of aromatic amines is 1. The van der Waals surface area contributed by atoms with Gasteiger partial charge in [-0.2, -0.15) is 0 Å². The maximum Gasteiger partial charge on any atom is 0.111 e. The summed E-state index contributed by atoms with van der Waals surface area (Å²) >= 11 is 0. The Kier molecular flexibility index (Phi) is 1.42. The highest BCUT2D eigenvalue weighted by molar-refractivity contribution is 5.90. The number of anilines is 1. The van der Waals surface area contributed by atoms with E-state index < -0.39 is 0 Å². The minimum Gasteiger partial charge on any atom is -0.359 e. The molecule has 2 aromatic rings. The van der Waals surface area contributed by atoms with Gasteiger partial charge in [-0.05, 0) is 6.07 Å². The van der Waals surface area contributed by atoms with E-state index in [-0.39, 0.29) is 6.04 Å². The number of fused-ring (bicyclic) bond motifs is 3. The second-order valence-electron chi connectivity index (χ2n) is 3.92. The van der Waals surface area contributed by atoms with Gasteiger partial charge in [0.2, 0.25) is 0 Å². The van der Waals surface area contributed by atoms with E-state index in [9.17, 15) is 0 Å². The molecule has 0 saturated heterocycles. The quantitative estimate of drug-likeness (QED) is 0.658. The number of hydrogen-bond acceptors (Lipinski definition) is 2. The largest absolute Gasteiger partial charge is 0.359 e. The Morgan fingerprint density at radius 1 is 1.43 bits per heavy atom. The molecule has 1 aromatic heterocycles. The van der Waals surface area contributed by atoms with Crippen LogP contribution in [0.1, 0.15) is 11.6 Å². The molecule has 0 aliphatic carbocycles. The number of para-hydroxylation sites is 1. The molecule has 2 heterocycles. The van der Waals surface area contributed by atoms with Crippen molar-refractivity contribution in [3.63, 3.8) is 0 Å². The molecule has 1 aromatic carbocycles. The number of nitrogens with two attached hydrogens (primary N) is 1. The van der Waals surface area contributed by atoms with Gasteiger partial charge < -0.3 is 15.6 Å². The molecular formula is C11H13N3. The first kappa shape index (κ1) is 7.88. The maximum absolute atomic E-state index is 6.09. The predicted molar refractivity (Wildman–Crippen MR) is 58.5 cm³/mol. The summed E-state index contributed by atoms with van der Waals surface area (Å²) in [5, 5.41) is 1.26. The number of rotatable bonds is 0. The van der Waals surface area contributed by atoms with Crippen molar-refractivity contribution in [1.29, 1.82) is 0 Å². The maximum atomic E-state index is 6.09. The van der Waals surface area contributed by atoms with Crippen molar-refractivity contribution in [1.82, 2.24) is 4.98 Å². The first-order valence-corrected chi connectivity index (χ1v) is 4.84. The molecule has 0 radical (unpaired) electrons. The molecule has 3 nitrogen and oxygen atoms in total. The SMILES string of the molecule is CN1CC(N)c2c1[nH]c1ccccc21. The van der Waals surface area contributed by atoms with Crippen molar-refractivity contribution in [2.45, 2.75) is 6.04 Å². The van der Waals surface area contributed by atoms with Gasteiger partial charge in [-0.1, -0.05) is 18.2 Å². The molecular weight excluding hydrogens is 174 g/mol. The first-order chi connectivity index (χ1) is 6.77. The van der Waals surface area contributed by atoms with E-state index >= 15 is 0 Å². The number of hydrogen-bond donors (Lipinski definition) is 2. The zero-order valence-corrected chi connectivity index (χ0v) is 8.12. The molecule has 72 valence electrons. The number of nitrogens with one attached hydrogen (secondary N) is 1. The molecule has 0 amide bonds. The third-order valence-electron chi connectivity index (χ3n) is 2.95. The zero-order chi connectivity index (χ0) is 9.71. The van der Waals surface area contributed by atoms with Gasteiger partial charge in [0, 0.05) is 30.1 Å². The lowest BCUT2D eigenvalue weighted by atomic mass is 10.1. The number of benzene rings is 1. The van der Waals surface area contributed by atoms with Crippen molar-refractivity contribution in [3.8, 4) is 0 Å². The molecule has 1 atom stereocenters. The van der Waals surface area contributed by atoms with Crippen LogP contribution in [-0.2, 0) is 0 Å². The van der Waals surface area contributed by atoms with Crippen LogP contribution < -0.4 is 10.6 Å².